The third-order valence-electron chi connectivity index (χ3n) is 5.05. The molecule has 3 aromatic rings. The summed E-state index contributed by atoms with van der Waals surface area (Å²) in [4.78, 5) is 28.7. The fraction of sp³-hybridized carbons (Fsp3) is 0.238. The SMILES string of the molecule is O=CN1CCC(n2c(-c3ccccc3)c(-c3ccccc3)[nH]c2=O)CC1. The van der Waals surface area contributed by atoms with Gasteiger partial charge in [-0.3, -0.25) is 9.36 Å². The first-order chi connectivity index (χ1) is 12.8. The number of H-pyrrole nitrogens is 1. The highest BCUT2D eigenvalue weighted by Crippen LogP contribution is 2.34. The molecule has 0 unspecified atom stereocenters. The highest BCUT2D eigenvalue weighted by atomic mass is 16.1. The zero-order chi connectivity index (χ0) is 17.9. The third-order valence-corrected chi connectivity index (χ3v) is 5.05. The summed E-state index contributed by atoms with van der Waals surface area (Å²) in [7, 11) is 0. The van der Waals surface area contributed by atoms with Crippen molar-refractivity contribution in [2.24, 2.45) is 0 Å². The second-order valence-electron chi connectivity index (χ2n) is 6.63. The van der Waals surface area contributed by atoms with E-state index in [4.69, 9.17) is 0 Å². The van der Waals surface area contributed by atoms with Crippen LogP contribution in [-0.4, -0.2) is 34.0 Å². The van der Waals surface area contributed by atoms with E-state index in [1.807, 2.05) is 65.2 Å². The number of amides is 1. The standard InChI is InChI=1S/C21H21N3O2/c25-15-23-13-11-18(12-14-23)24-20(17-9-5-2-6-10-17)19(22-21(24)26)16-7-3-1-4-8-16/h1-10,15,18H,11-14H2,(H,22,26). The molecule has 1 N–H and O–H groups in total. The van der Waals surface area contributed by atoms with E-state index in [1.165, 1.54) is 0 Å². The van der Waals surface area contributed by atoms with Gasteiger partial charge in [0.15, 0.2) is 0 Å². The molecule has 0 radical (unpaired) electrons. The van der Waals surface area contributed by atoms with Crippen LogP contribution in [0.1, 0.15) is 18.9 Å². The number of carbonyl (C=O) groups excluding carboxylic acids is 1. The van der Waals surface area contributed by atoms with Gasteiger partial charge in [-0.05, 0) is 12.8 Å². The van der Waals surface area contributed by atoms with Gasteiger partial charge in [0.25, 0.3) is 0 Å². The van der Waals surface area contributed by atoms with Gasteiger partial charge in [-0.15, -0.1) is 0 Å². The summed E-state index contributed by atoms with van der Waals surface area (Å²) in [5, 5.41) is 0. The molecule has 2 heterocycles. The topological polar surface area (TPSA) is 58.1 Å². The minimum atomic E-state index is -0.0905. The Bertz CT molecular complexity index is 936. The molecule has 2 aromatic carbocycles. The molecule has 1 amide bonds. The Kier molecular flexibility index (Phi) is 4.44. The summed E-state index contributed by atoms with van der Waals surface area (Å²) in [5.41, 5.74) is 3.69. The molecule has 1 fully saturated rings. The summed E-state index contributed by atoms with van der Waals surface area (Å²) < 4.78 is 1.89. The molecule has 26 heavy (non-hydrogen) atoms. The van der Waals surface area contributed by atoms with Crippen LogP contribution in [-0.2, 0) is 4.79 Å². The van der Waals surface area contributed by atoms with Crippen LogP contribution in [0.3, 0.4) is 0 Å². The van der Waals surface area contributed by atoms with E-state index >= 15 is 0 Å². The van der Waals surface area contributed by atoms with Gasteiger partial charge >= 0.3 is 5.69 Å². The number of nitrogens with one attached hydrogen (secondary N) is 1. The fourth-order valence-electron chi connectivity index (χ4n) is 3.74. The predicted octanol–water partition coefficient (Wildman–Crippen LogP) is 3.30. The smallest absolute Gasteiger partial charge is 0.326 e. The van der Waals surface area contributed by atoms with Crippen LogP contribution in [0.25, 0.3) is 22.5 Å². The Labute approximate surface area is 151 Å². The van der Waals surface area contributed by atoms with Gasteiger partial charge in [0.05, 0.1) is 11.4 Å². The van der Waals surface area contributed by atoms with Crippen LogP contribution in [0.2, 0.25) is 0 Å². The van der Waals surface area contributed by atoms with Crippen LogP contribution in [0.5, 0.6) is 0 Å². The minimum absolute atomic E-state index is 0.0858. The van der Waals surface area contributed by atoms with Crippen LogP contribution >= 0.6 is 0 Å². The zero-order valence-electron chi connectivity index (χ0n) is 14.5. The monoisotopic (exact) mass is 347 g/mol. The number of aromatic amines is 1. The molecule has 132 valence electrons. The van der Waals surface area contributed by atoms with Crippen molar-refractivity contribution in [3.05, 3.63) is 71.1 Å². The molecule has 4 rings (SSSR count). The first kappa shape index (κ1) is 16.4. The van der Waals surface area contributed by atoms with Crippen molar-refractivity contribution in [2.45, 2.75) is 18.9 Å². The van der Waals surface area contributed by atoms with E-state index in [0.29, 0.717) is 13.1 Å². The second-order valence-corrected chi connectivity index (χ2v) is 6.63. The maximum Gasteiger partial charge on any atom is 0.326 e. The fourth-order valence-corrected chi connectivity index (χ4v) is 3.74. The summed E-state index contributed by atoms with van der Waals surface area (Å²) in [5.74, 6) is 0. The van der Waals surface area contributed by atoms with Crippen LogP contribution in [0.15, 0.2) is 65.5 Å². The van der Waals surface area contributed by atoms with E-state index in [-0.39, 0.29) is 11.7 Å². The molecule has 1 saturated heterocycles. The summed E-state index contributed by atoms with van der Waals surface area (Å²) in [6, 6.07) is 20.0. The number of hydrogen-bond acceptors (Lipinski definition) is 2. The number of nitrogens with zero attached hydrogens (tertiary/aromatic N) is 2. The highest BCUT2D eigenvalue weighted by Gasteiger charge is 2.26. The quantitative estimate of drug-likeness (QED) is 0.736. The van der Waals surface area contributed by atoms with Crippen molar-refractivity contribution in [1.82, 2.24) is 14.5 Å². The summed E-state index contributed by atoms with van der Waals surface area (Å²) >= 11 is 0. The molecular weight excluding hydrogens is 326 g/mol. The molecule has 1 aliphatic rings. The number of piperidine rings is 1. The number of carbonyl (C=O) groups is 1. The van der Waals surface area contributed by atoms with E-state index in [0.717, 1.165) is 41.8 Å². The maximum atomic E-state index is 12.9. The summed E-state index contributed by atoms with van der Waals surface area (Å²) in [6.07, 6.45) is 2.46. The average Bonchev–Trinajstić information content (AvgIpc) is 3.06. The molecule has 5 nitrogen and oxygen atoms in total. The number of benzene rings is 2. The Morgan fingerprint density at radius 2 is 1.46 bits per heavy atom. The lowest BCUT2D eigenvalue weighted by molar-refractivity contribution is -0.119. The number of hydrogen-bond donors (Lipinski definition) is 1. The average molecular weight is 347 g/mol. The largest absolute Gasteiger partial charge is 0.345 e. The van der Waals surface area contributed by atoms with Gasteiger partial charge in [-0.1, -0.05) is 60.7 Å². The van der Waals surface area contributed by atoms with Gasteiger partial charge in [-0.25, -0.2) is 4.79 Å². The summed E-state index contributed by atoms with van der Waals surface area (Å²) in [6.45, 7) is 1.36. The predicted molar refractivity (Wildman–Crippen MR) is 102 cm³/mol. The van der Waals surface area contributed by atoms with Crippen LogP contribution in [0, 0.1) is 0 Å². The maximum absolute atomic E-state index is 12.9. The molecule has 0 saturated carbocycles. The molecule has 1 aliphatic heterocycles. The van der Waals surface area contributed by atoms with Gasteiger partial charge in [0.1, 0.15) is 0 Å². The van der Waals surface area contributed by atoms with Crippen molar-refractivity contribution >= 4 is 6.41 Å². The molecular formula is C21H21N3O2. The molecule has 0 bridgehead atoms. The van der Waals surface area contributed by atoms with Gasteiger partial charge in [0.2, 0.25) is 6.41 Å². The first-order valence-electron chi connectivity index (χ1n) is 8.92. The van der Waals surface area contributed by atoms with Crippen molar-refractivity contribution in [3.63, 3.8) is 0 Å². The number of aromatic nitrogens is 2. The Morgan fingerprint density at radius 1 is 0.885 bits per heavy atom. The first-order valence-corrected chi connectivity index (χ1v) is 8.92. The van der Waals surface area contributed by atoms with Crippen molar-refractivity contribution in [3.8, 4) is 22.5 Å². The minimum Gasteiger partial charge on any atom is -0.345 e. The van der Waals surface area contributed by atoms with Crippen molar-refractivity contribution in [1.29, 1.82) is 0 Å². The van der Waals surface area contributed by atoms with Crippen LogP contribution in [0.4, 0.5) is 0 Å². The number of imidazole rings is 1. The van der Waals surface area contributed by atoms with E-state index in [2.05, 4.69) is 4.98 Å². The number of rotatable bonds is 4. The Balaban J connectivity index is 1.85. The van der Waals surface area contributed by atoms with Crippen molar-refractivity contribution < 1.29 is 4.79 Å². The lowest BCUT2D eigenvalue weighted by Gasteiger charge is -2.30. The van der Waals surface area contributed by atoms with Gasteiger partial charge in [-0.2, -0.15) is 0 Å². The molecule has 0 atom stereocenters. The van der Waals surface area contributed by atoms with Gasteiger partial charge in [0, 0.05) is 30.3 Å². The highest BCUT2D eigenvalue weighted by molar-refractivity contribution is 5.78. The van der Waals surface area contributed by atoms with Crippen LogP contribution < -0.4 is 5.69 Å². The third kappa shape index (κ3) is 2.96. The van der Waals surface area contributed by atoms with E-state index < -0.39 is 0 Å². The van der Waals surface area contributed by atoms with Gasteiger partial charge < -0.3 is 9.88 Å². The van der Waals surface area contributed by atoms with E-state index in [1.54, 1.807) is 4.90 Å². The molecule has 5 heteroatoms. The zero-order valence-corrected chi connectivity index (χ0v) is 14.5. The normalized spacial score (nSPS) is 15.2. The second kappa shape index (κ2) is 7.04. The molecule has 0 aliphatic carbocycles. The number of likely N-dealkylation sites (tertiary alicyclic amines) is 1. The van der Waals surface area contributed by atoms with Crippen molar-refractivity contribution in [2.75, 3.05) is 13.1 Å². The Morgan fingerprint density at radius 3 is 2.04 bits per heavy atom. The lowest BCUT2D eigenvalue weighted by Crippen LogP contribution is -2.36. The van der Waals surface area contributed by atoms with E-state index in [9.17, 15) is 9.59 Å². The lowest BCUT2D eigenvalue weighted by atomic mass is 10.0. The molecule has 0 spiro atoms. The Hall–Kier alpha value is -3.08. The molecule has 1 aromatic heterocycles.